The summed E-state index contributed by atoms with van der Waals surface area (Å²) in [5.41, 5.74) is 3.44. The van der Waals surface area contributed by atoms with Gasteiger partial charge in [0.25, 0.3) is 15.9 Å². The molecule has 202 valence electrons. The first-order valence-corrected chi connectivity index (χ1v) is 15.0. The standard InChI is InChI=1S/C28H33N3O5S2/c1-4-30(20(2)3)23-13-11-22(12-14-23)29-26(32)19-36-27(33)18-25-24-9-6-5-8-21(24)15-16-31(25)38(34,35)28-10-7-17-37-28/h5-14,17,20,25H,4,15-16,18-19H2,1-3H3,(H,29,32)/t25-/m1/s1. The number of nitrogens with one attached hydrogen (secondary N) is 1. The Labute approximate surface area is 228 Å². The van der Waals surface area contributed by atoms with Crippen LogP contribution in [0.1, 0.15) is 44.4 Å². The Morgan fingerprint density at radius 2 is 1.84 bits per heavy atom. The van der Waals surface area contributed by atoms with Crippen molar-refractivity contribution in [1.82, 2.24) is 4.31 Å². The fraction of sp³-hybridized carbons (Fsp3) is 0.357. The Hall–Kier alpha value is -3.21. The maximum absolute atomic E-state index is 13.4. The quantitative estimate of drug-likeness (QED) is 0.360. The lowest BCUT2D eigenvalue weighted by Gasteiger charge is -2.35. The molecule has 2 heterocycles. The molecule has 0 bridgehead atoms. The molecule has 1 amide bonds. The van der Waals surface area contributed by atoms with Crippen LogP contribution in [0.5, 0.6) is 0 Å². The second-order valence-corrected chi connectivity index (χ2v) is 12.4. The number of hydrogen-bond donors (Lipinski definition) is 1. The number of benzene rings is 2. The SMILES string of the molecule is CCN(c1ccc(NC(=O)COC(=O)C[C@@H]2c3ccccc3CCN2S(=O)(=O)c2cccs2)cc1)C(C)C. The van der Waals surface area contributed by atoms with Crippen molar-refractivity contribution in [2.75, 3.05) is 29.9 Å². The van der Waals surface area contributed by atoms with E-state index in [4.69, 9.17) is 4.74 Å². The van der Waals surface area contributed by atoms with E-state index >= 15 is 0 Å². The van der Waals surface area contributed by atoms with E-state index in [0.717, 1.165) is 34.7 Å². The van der Waals surface area contributed by atoms with Crippen LogP contribution in [-0.2, 0) is 30.8 Å². The first kappa shape index (κ1) is 27.8. The Kier molecular flexibility index (Phi) is 8.86. The maximum atomic E-state index is 13.4. The van der Waals surface area contributed by atoms with Crippen LogP contribution in [0.3, 0.4) is 0 Å². The van der Waals surface area contributed by atoms with E-state index in [1.165, 1.54) is 4.31 Å². The lowest BCUT2D eigenvalue weighted by atomic mass is 9.92. The van der Waals surface area contributed by atoms with E-state index in [9.17, 15) is 18.0 Å². The highest BCUT2D eigenvalue weighted by atomic mass is 32.2. The Morgan fingerprint density at radius 1 is 1.11 bits per heavy atom. The second-order valence-electron chi connectivity index (χ2n) is 9.35. The number of anilines is 2. The van der Waals surface area contributed by atoms with Crippen LogP contribution in [0.25, 0.3) is 0 Å². The van der Waals surface area contributed by atoms with E-state index in [0.29, 0.717) is 18.2 Å². The average Bonchev–Trinajstić information content (AvgIpc) is 3.45. The monoisotopic (exact) mass is 555 g/mol. The van der Waals surface area contributed by atoms with Gasteiger partial charge in [-0.05, 0) is 74.0 Å². The topological polar surface area (TPSA) is 96.0 Å². The molecule has 0 saturated heterocycles. The highest BCUT2D eigenvalue weighted by Crippen LogP contribution is 2.37. The minimum absolute atomic E-state index is 0.189. The van der Waals surface area contributed by atoms with Crippen molar-refractivity contribution in [3.05, 3.63) is 77.2 Å². The third kappa shape index (κ3) is 6.25. The number of hydrogen-bond acceptors (Lipinski definition) is 7. The van der Waals surface area contributed by atoms with Gasteiger partial charge in [0.15, 0.2) is 6.61 Å². The molecule has 1 atom stereocenters. The van der Waals surface area contributed by atoms with Crippen LogP contribution in [0.4, 0.5) is 11.4 Å². The molecule has 0 unspecified atom stereocenters. The minimum atomic E-state index is -3.78. The van der Waals surface area contributed by atoms with Crippen molar-refractivity contribution in [2.45, 2.75) is 49.9 Å². The van der Waals surface area contributed by atoms with Gasteiger partial charge in [-0.3, -0.25) is 9.59 Å². The molecule has 0 aliphatic carbocycles. The van der Waals surface area contributed by atoms with Crippen molar-refractivity contribution in [1.29, 1.82) is 0 Å². The van der Waals surface area contributed by atoms with Gasteiger partial charge in [0.2, 0.25) is 0 Å². The molecule has 1 N–H and O–H groups in total. The fourth-order valence-corrected chi connectivity index (χ4v) is 7.52. The van der Waals surface area contributed by atoms with Crippen molar-refractivity contribution in [2.24, 2.45) is 0 Å². The molecular weight excluding hydrogens is 522 g/mol. The first-order chi connectivity index (χ1) is 18.2. The van der Waals surface area contributed by atoms with Crippen molar-refractivity contribution < 1.29 is 22.7 Å². The molecule has 0 saturated carbocycles. The molecule has 0 spiro atoms. The largest absolute Gasteiger partial charge is 0.456 e. The first-order valence-electron chi connectivity index (χ1n) is 12.7. The second kappa shape index (κ2) is 12.1. The Balaban J connectivity index is 1.40. The van der Waals surface area contributed by atoms with Gasteiger partial charge in [-0.1, -0.05) is 30.3 Å². The Bertz CT molecular complexity index is 1360. The van der Waals surface area contributed by atoms with E-state index in [1.807, 2.05) is 48.5 Å². The molecule has 4 rings (SSSR count). The summed E-state index contributed by atoms with van der Waals surface area (Å²) in [6.45, 7) is 7.01. The number of rotatable bonds is 10. The summed E-state index contributed by atoms with van der Waals surface area (Å²) in [5.74, 6) is -1.10. The zero-order valence-corrected chi connectivity index (χ0v) is 23.4. The summed E-state index contributed by atoms with van der Waals surface area (Å²) in [7, 11) is -3.78. The number of esters is 1. The summed E-state index contributed by atoms with van der Waals surface area (Å²) in [6, 6.07) is 17.9. The van der Waals surface area contributed by atoms with Gasteiger partial charge in [-0.2, -0.15) is 4.31 Å². The third-order valence-corrected chi connectivity index (χ3v) is 9.87. The summed E-state index contributed by atoms with van der Waals surface area (Å²) in [5, 5.41) is 4.45. The number of amides is 1. The lowest BCUT2D eigenvalue weighted by Crippen LogP contribution is -2.41. The molecule has 0 fully saturated rings. The van der Waals surface area contributed by atoms with Crippen molar-refractivity contribution in [3.63, 3.8) is 0 Å². The smallest absolute Gasteiger partial charge is 0.308 e. The number of sulfonamides is 1. The highest BCUT2D eigenvalue weighted by Gasteiger charge is 2.38. The Morgan fingerprint density at radius 3 is 2.50 bits per heavy atom. The summed E-state index contributed by atoms with van der Waals surface area (Å²) in [4.78, 5) is 27.5. The molecule has 10 heteroatoms. The van der Waals surface area contributed by atoms with Crippen LogP contribution in [0.15, 0.2) is 70.3 Å². The van der Waals surface area contributed by atoms with Crippen LogP contribution < -0.4 is 10.2 Å². The fourth-order valence-electron chi connectivity index (χ4n) is 4.80. The van der Waals surface area contributed by atoms with E-state index < -0.39 is 34.5 Å². The predicted octanol–water partition coefficient (Wildman–Crippen LogP) is 4.84. The molecular formula is C28H33N3O5S2. The average molecular weight is 556 g/mol. The van der Waals surface area contributed by atoms with Crippen LogP contribution in [0.2, 0.25) is 0 Å². The molecule has 2 aromatic carbocycles. The summed E-state index contributed by atoms with van der Waals surface area (Å²) < 4.78 is 33.6. The van der Waals surface area contributed by atoms with Gasteiger partial charge in [0.05, 0.1) is 12.5 Å². The number of carbonyl (C=O) groups excluding carboxylic acids is 2. The maximum Gasteiger partial charge on any atom is 0.308 e. The highest BCUT2D eigenvalue weighted by molar-refractivity contribution is 7.91. The molecule has 1 aliphatic rings. The van der Waals surface area contributed by atoms with Crippen LogP contribution in [-0.4, -0.2) is 50.3 Å². The third-order valence-electron chi connectivity index (χ3n) is 6.59. The number of carbonyl (C=O) groups is 2. The van der Waals surface area contributed by atoms with Gasteiger partial charge in [0, 0.05) is 30.5 Å². The summed E-state index contributed by atoms with van der Waals surface area (Å²) in [6.07, 6.45) is 0.367. The van der Waals surface area contributed by atoms with Gasteiger partial charge >= 0.3 is 5.97 Å². The number of nitrogens with zero attached hydrogens (tertiary/aromatic N) is 2. The number of ether oxygens (including phenoxy) is 1. The normalized spacial score (nSPS) is 15.6. The number of fused-ring (bicyclic) bond motifs is 1. The zero-order valence-electron chi connectivity index (χ0n) is 21.8. The van der Waals surface area contributed by atoms with E-state index in [2.05, 4.69) is 31.0 Å². The molecule has 3 aromatic rings. The predicted molar refractivity (Wildman–Crippen MR) is 150 cm³/mol. The molecule has 38 heavy (non-hydrogen) atoms. The molecule has 1 aliphatic heterocycles. The van der Waals surface area contributed by atoms with Gasteiger partial charge in [-0.15, -0.1) is 11.3 Å². The zero-order chi connectivity index (χ0) is 27.3. The van der Waals surface area contributed by atoms with E-state index in [1.54, 1.807) is 17.5 Å². The van der Waals surface area contributed by atoms with Gasteiger partial charge < -0.3 is 15.0 Å². The molecule has 0 radical (unpaired) electrons. The van der Waals surface area contributed by atoms with E-state index in [-0.39, 0.29) is 17.2 Å². The van der Waals surface area contributed by atoms with Gasteiger partial charge in [0.1, 0.15) is 4.21 Å². The summed E-state index contributed by atoms with van der Waals surface area (Å²) >= 11 is 1.14. The van der Waals surface area contributed by atoms with Crippen LogP contribution in [0, 0.1) is 0 Å². The van der Waals surface area contributed by atoms with Gasteiger partial charge in [-0.25, -0.2) is 8.42 Å². The molecule has 1 aromatic heterocycles. The van der Waals surface area contributed by atoms with Crippen molar-refractivity contribution in [3.8, 4) is 0 Å². The van der Waals surface area contributed by atoms with Crippen molar-refractivity contribution >= 4 is 44.6 Å². The lowest BCUT2D eigenvalue weighted by molar-refractivity contribution is -0.148. The minimum Gasteiger partial charge on any atom is -0.456 e. The van der Waals surface area contributed by atoms with Crippen LogP contribution >= 0.6 is 11.3 Å². The molecule has 8 nitrogen and oxygen atoms in total. The number of thiophene rings is 1.